The van der Waals surface area contributed by atoms with Gasteiger partial charge in [0.05, 0.1) is 23.9 Å². The zero-order valence-corrected chi connectivity index (χ0v) is 20.3. The number of nitrogens with one attached hydrogen (secondary N) is 1. The largest absolute Gasteiger partial charge is 0.494 e. The van der Waals surface area contributed by atoms with Crippen LogP contribution in [0.3, 0.4) is 0 Å². The number of fused-ring (bicyclic) bond motifs is 2. The topological polar surface area (TPSA) is 77.2 Å². The first-order valence-corrected chi connectivity index (χ1v) is 12.6. The molecule has 0 atom stereocenters. The molecule has 7 rings (SSSR count). The van der Waals surface area contributed by atoms with Gasteiger partial charge in [-0.05, 0) is 68.5 Å². The SMILES string of the molecule is COc1cc(C(=O)N2CC3(CCCN3)C2)cc2nc(-c3cc4cccnc4n3CC3CC3)n(C)c12. The van der Waals surface area contributed by atoms with E-state index in [9.17, 15) is 4.79 Å². The van der Waals surface area contributed by atoms with Crippen LogP contribution in [0.2, 0.25) is 0 Å². The highest BCUT2D eigenvalue weighted by atomic mass is 16.5. The van der Waals surface area contributed by atoms with Crippen LogP contribution < -0.4 is 10.1 Å². The highest BCUT2D eigenvalue weighted by Gasteiger charge is 2.46. The number of methoxy groups -OCH3 is 1. The van der Waals surface area contributed by atoms with Crippen molar-refractivity contribution in [1.82, 2.24) is 29.3 Å². The summed E-state index contributed by atoms with van der Waals surface area (Å²) in [4.78, 5) is 25.0. The molecule has 8 heteroatoms. The fourth-order valence-corrected chi connectivity index (χ4v) is 5.98. The molecule has 1 amide bonds. The maximum absolute atomic E-state index is 13.3. The van der Waals surface area contributed by atoms with Crippen molar-refractivity contribution in [3.05, 3.63) is 42.1 Å². The van der Waals surface area contributed by atoms with Crippen molar-refractivity contribution in [3.8, 4) is 17.3 Å². The molecule has 1 spiro atoms. The molecule has 3 aliphatic rings. The van der Waals surface area contributed by atoms with E-state index >= 15 is 0 Å². The van der Waals surface area contributed by atoms with Gasteiger partial charge in [0, 0.05) is 43.8 Å². The van der Waals surface area contributed by atoms with Crippen LogP contribution in [-0.4, -0.2) is 62.2 Å². The van der Waals surface area contributed by atoms with E-state index in [1.165, 1.54) is 19.3 Å². The van der Waals surface area contributed by atoms with Gasteiger partial charge in [0.1, 0.15) is 16.9 Å². The monoisotopic (exact) mass is 470 g/mol. The van der Waals surface area contributed by atoms with Gasteiger partial charge < -0.3 is 24.1 Å². The fraction of sp³-hybridized carbons (Fsp3) is 0.444. The average Bonchev–Trinajstić information content (AvgIpc) is 3.25. The predicted molar refractivity (Wildman–Crippen MR) is 135 cm³/mol. The number of rotatable bonds is 5. The highest BCUT2D eigenvalue weighted by molar-refractivity contribution is 6.00. The fourth-order valence-electron chi connectivity index (χ4n) is 5.98. The summed E-state index contributed by atoms with van der Waals surface area (Å²) in [5.41, 5.74) is 4.48. The zero-order valence-electron chi connectivity index (χ0n) is 20.3. The Balaban J connectivity index is 1.30. The van der Waals surface area contributed by atoms with Crippen molar-refractivity contribution in [2.45, 2.75) is 37.8 Å². The van der Waals surface area contributed by atoms with Gasteiger partial charge in [0.2, 0.25) is 0 Å². The molecule has 2 saturated heterocycles. The van der Waals surface area contributed by atoms with Crippen LogP contribution in [0.15, 0.2) is 36.5 Å². The van der Waals surface area contributed by atoms with Gasteiger partial charge in [0.15, 0.2) is 5.82 Å². The second-order valence-electron chi connectivity index (χ2n) is 10.5. The number of pyridine rings is 1. The van der Waals surface area contributed by atoms with Crippen LogP contribution in [0.25, 0.3) is 33.6 Å². The number of likely N-dealkylation sites (tertiary alicyclic amines) is 1. The quantitative estimate of drug-likeness (QED) is 0.482. The minimum Gasteiger partial charge on any atom is -0.494 e. The summed E-state index contributed by atoms with van der Waals surface area (Å²) >= 11 is 0. The normalized spacial score (nSPS) is 19.1. The number of ether oxygens (including phenoxy) is 1. The van der Waals surface area contributed by atoms with Crippen molar-refractivity contribution in [3.63, 3.8) is 0 Å². The van der Waals surface area contributed by atoms with Crippen LogP contribution in [0.5, 0.6) is 5.75 Å². The number of hydrogen-bond acceptors (Lipinski definition) is 5. The maximum atomic E-state index is 13.3. The molecular formula is C27H30N6O2. The molecule has 0 bridgehead atoms. The molecule has 35 heavy (non-hydrogen) atoms. The number of hydrogen-bond donors (Lipinski definition) is 1. The second kappa shape index (κ2) is 7.55. The number of benzene rings is 1. The Morgan fingerprint density at radius 2 is 2.11 bits per heavy atom. The minimum atomic E-state index is 0.0452. The predicted octanol–water partition coefficient (Wildman–Crippen LogP) is 3.59. The van der Waals surface area contributed by atoms with E-state index in [-0.39, 0.29) is 11.4 Å². The summed E-state index contributed by atoms with van der Waals surface area (Å²) in [5.74, 6) is 2.28. The number of carbonyl (C=O) groups excluding carboxylic acids is 1. The van der Waals surface area contributed by atoms with E-state index in [0.29, 0.717) is 17.2 Å². The van der Waals surface area contributed by atoms with Crippen LogP contribution >= 0.6 is 0 Å². The first-order valence-electron chi connectivity index (χ1n) is 12.6. The van der Waals surface area contributed by atoms with Crippen LogP contribution in [-0.2, 0) is 13.6 Å². The summed E-state index contributed by atoms with van der Waals surface area (Å²) in [6.07, 6.45) is 6.71. The molecular weight excluding hydrogens is 440 g/mol. The van der Waals surface area contributed by atoms with Gasteiger partial charge in [-0.2, -0.15) is 0 Å². The lowest BCUT2D eigenvalue weighted by molar-refractivity contribution is 0.0353. The van der Waals surface area contributed by atoms with Gasteiger partial charge in [0.25, 0.3) is 5.91 Å². The Bertz CT molecular complexity index is 1470. The lowest BCUT2D eigenvalue weighted by Crippen LogP contribution is -2.67. The third-order valence-electron chi connectivity index (χ3n) is 8.03. The van der Waals surface area contributed by atoms with E-state index in [4.69, 9.17) is 9.72 Å². The van der Waals surface area contributed by atoms with Crippen molar-refractivity contribution in [2.24, 2.45) is 13.0 Å². The molecule has 3 aromatic heterocycles. The standard InChI is InChI=1S/C27H30N6O2/c1-31-23-20(11-19(13-22(23)35-2)26(34)32-15-27(16-32)8-4-10-29-27)30-25(31)21-12-18-5-3-9-28-24(18)33(21)14-17-6-7-17/h3,5,9,11-13,17,29H,4,6-8,10,14-16H2,1-2H3. The Morgan fingerprint density at radius 1 is 1.26 bits per heavy atom. The molecule has 4 aromatic rings. The molecule has 5 heterocycles. The average molecular weight is 471 g/mol. The molecule has 2 aliphatic heterocycles. The molecule has 3 fully saturated rings. The highest BCUT2D eigenvalue weighted by Crippen LogP contribution is 2.38. The van der Waals surface area contributed by atoms with E-state index in [1.807, 2.05) is 36.3 Å². The molecule has 180 valence electrons. The lowest BCUT2D eigenvalue weighted by atomic mass is 9.87. The molecule has 0 unspecified atom stereocenters. The third-order valence-corrected chi connectivity index (χ3v) is 8.03. The van der Waals surface area contributed by atoms with Crippen molar-refractivity contribution in [2.75, 3.05) is 26.7 Å². The van der Waals surface area contributed by atoms with E-state index < -0.39 is 0 Å². The molecule has 1 aliphatic carbocycles. The molecule has 1 N–H and O–H groups in total. The minimum absolute atomic E-state index is 0.0452. The Morgan fingerprint density at radius 3 is 2.86 bits per heavy atom. The van der Waals surface area contributed by atoms with Crippen molar-refractivity contribution < 1.29 is 9.53 Å². The smallest absolute Gasteiger partial charge is 0.254 e. The molecule has 8 nitrogen and oxygen atoms in total. The number of aromatic nitrogens is 4. The van der Waals surface area contributed by atoms with E-state index in [0.717, 1.165) is 66.2 Å². The van der Waals surface area contributed by atoms with E-state index in [1.54, 1.807) is 7.11 Å². The van der Waals surface area contributed by atoms with Gasteiger partial charge in [-0.15, -0.1) is 0 Å². The summed E-state index contributed by atoms with van der Waals surface area (Å²) in [6, 6.07) is 10.0. The van der Waals surface area contributed by atoms with Gasteiger partial charge in [-0.25, -0.2) is 9.97 Å². The maximum Gasteiger partial charge on any atom is 0.254 e. The molecule has 1 aromatic carbocycles. The summed E-state index contributed by atoms with van der Waals surface area (Å²) in [6.45, 7) is 3.54. The van der Waals surface area contributed by atoms with Crippen LogP contribution in [0, 0.1) is 5.92 Å². The first-order chi connectivity index (χ1) is 17.0. The summed E-state index contributed by atoms with van der Waals surface area (Å²) in [5, 5.41) is 4.70. The summed E-state index contributed by atoms with van der Waals surface area (Å²) < 4.78 is 10.2. The summed E-state index contributed by atoms with van der Waals surface area (Å²) in [7, 11) is 3.68. The Labute approximate surface area is 203 Å². The lowest BCUT2D eigenvalue weighted by Gasteiger charge is -2.48. The number of carbonyl (C=O) groups is 1. The molecule has 0 radical (unpaired) electrons. The Kier molecular flexibility index (Phi) is 4.52. The number of amides is 1. The third kappa shape index (κ3) is 3.26. The van der Waals surface area contributed by atoms with Gasteiger partial charge >= 0.3 is 0 Å². The van der Waals surface area contributed by atoms with E-state index in [2.05, 4.69) is 31.6 Å². The van der Waals surface area contributed by atoms with Gasteiger partial charge in [-0.1, -0.05) is 0 Å². The number of imidazole rings is 1. The van der Waals surface area contributed by atoms with Crippen molar-refractivity contribution >= 4 is 28.0 Å². The van der Waals surface area contributed by atoms with Crippen molar-refractivity contribution in [1.29, 1.82) is 0 Å². The van der Waals surface area contributed by atoms with Crippen LogP contribution in [0.4, 0.5) is 0 Å². The van der Waals surface area contributed by atoms with Gasteiger partial charge in [-0.3, -0.25) is 4.79 Å². The molecule has 1 saturated carbocycles. The van der Waals surface area contributed by atoms with Crippen LogP contribution in [0.1, 0.15) is 36.0 Å². The number of nitrogens with zero attached hydrogens (tertiary/aromatic N) is 5. The Hall–Kier alpha value is -3.39. The number of aryl methyl sites for hydroxylation is 1. The first kappa shape index (κ1) is 20.9. The second-order valence-corrected chi connectivity index (χ2v) is 10.5. The zero-order chi connectivity index (χ0) is 23.7.